The maximum Gasteiger partial charge on any atom is 0.362 e. The predicted molar refractivity (Wildman–Crippen MR) is 92.9 cm³/mol. The highest BCUT2D eigenvalue weighted by atomic mass is 32.2. The van der Waals surface area contributed by atoms with E-state index in [0.29, 0.717) is 21.9 Å². The van der Waals surface area contributed by atoms with E-state index in [0.717, 1.165) is 18.7 Å². The molecule has 0 aliphatic heterocycles. The molecule has 1 aliphatic rings. The number of aryl methyl sites for hydroxylation is 1. The first-order chi connectivity index (χ1) is 12.1. The summed E-state index contributed by atoms with van der Waals surface area (Å²) in [5.41, 5.74) is 0.553. The second kappa shape index (κ2) is 6.47. The first-order valence-electron chi connectivity index (χ1n) is 8.36. The van der Waals surface area contributed by atoms with Gasteiger partial charge in [-0.2, -0.15) is 9.38 Å². The van der Waals surface area contributed by atoms with Crippen LogP contribution in [-0.2, 0) is 0 Å². The SMILES string of the molecule is Cc1nnc(Sc2nc3ccccn3c2[N+](=O)[O-])n1C1CCCCC1. The van der Waals surface area contributed by atoms with Crippen molar-refractivity contribution in [2.75, 3.05) is 0 Å². The molecule has 0 atom stereocenters. The monoisotopic (exact) mass is 358 g/mol. The van der Waals surface area contributed by atoms with Crippen molar-refractivity contribution >= 4 is 23.2 Å². The molecule has 1 aliphatic carbocycles. The highest BCUT2D eigenvalue weighted by Gasteiger charge is 2.27. The first-order valence-corrected chi connectivity index (χ1v) is 9.17. The number of hydrogen-bond acceptors (Lipinski definition) is 6. The van der Waals surface area contributed by atoms with Gasteiger partial charge in [0.05, 0.1) is 6.20 Å². The standard InChI is InChI=1S/C16H18N6O2S/c1-11-18-19-16(21(11)12-7-3-2-4-8-12)25-14-15(22(23)24)20-10-6-5-9-13(20)17-14/h5-6,9-10,12H,2-4,7-8H2,1H3. The Kier molecular flexibility index (Phi) is 4.16. The third-order valence-electron chi connectivity index (χ3n) is 4.61. The van der Waals surface area contributed by atoms with Gasteiger partial charge in [-0.3, -0.25) is 0 Å². The third-order valence-corrected chi connectivity index (χ3v) is 5.54. The minimum atomic E-state index is -0.392. The molecule has 25 heavy (non-hydrogen) atoms. The fourth-order valence-corrected chi connectivity index (χ4v) is 4.50. The van der Waals surface area contributed by atoms with E-state index in [1.165, 1.54) is 35.4 Å². The average Bonchev–Trinajstić information content (AvgIpc) is 3.16. The minimum Gasteiger partial charge on any atom is -0.358 e. The maximum absolute atomic E-state index is 11.6. The molecule has 3 aromatic heterocycles. The van der Waals surface area contributed by atoms with E-state index in [9.17, 15) is 10.1 Å². The summed E-state index contributed by atoms with van der Waals surface area (Å²) in [5, 5.41) is 21.1. The van der Waals surface area contributed by atoms with Crippen molar-refractivity contribution in [2.24, 2.45) is 0 Å². The van der Waals surface area contributed by atoms with Crippen LogP contribution in [0.15, 0.2) is 34.6 Å². The number of nitrogens with zero attached hydrogens (tertiary/aromatic N) is 6. The molecule has 0 radical (unpaired) electrons. The fraction of sp³-hybridized carbons (Fsp3) is 0.438. The average molecular weight is 358 g/mol. The zero-order valence-electron chi connectivity index (χ0n) is 13.8. The van der Waals surface area contributed by atoms with Gasteiger partial charge in [0.1, 0.15) is 5.82 Å². The summed E-state index contributed by atoms with van der Waals surface area (Å²) in [6.07, 6.45) is 7.50. The van der Waals surface area contributed by atoms with Gasteiger partial charge in [-0.1, -0.05) is 25.3 Å². The lowest BCUT2D eigenvalue weighted by atomic mass is 9.95. The van der Waals surface area contributed by atoms with Gasteiger partial charge in [-0.05, 0) is 42.5 Å². The molecular formula is C16H18N6O2S. The van der Waals surface area contributed by atoms with E-state index in [1.54, 1.807) is 18.3 Å². The Morgan fingerprint density at radius 3 is 2.80 bits per heavy atom. The van der Waals surface area contributed by atoms with Crippen LogP contribution in [0.25, 0.3) is 5.65 Å². The quantitative estimate of drug-likeness (QED) is 0.520. The van der Waals surface area contributed by atoms with E-state index < -0.39 is 4.92 Å². The number of hydrogen-bond donors (Lipinski definition) is 0. The first kappa shape index (κ1) is 16.1. The predicted octanol–water partition coefficient (Wildman–Crippen LogP) is 3.80. The molecule has 1 saturated carbocycles. The van der Waals surface area contributed by atoms with Crippen LogP contribution in [-0.4, -0.2) is 29.1 Å². The van der Waals surface area contributed by atoms with Crippen LogP contribution in [0, 0.1) is 17.0 Å². The number of aromatic nitrogens is 5. The molecule has 130 valence electrons. The Morgan fingerprint density at radius 2 is 2.04 bits per heavy atom. The molecule has 0 spiro atoms. The molecular weight excluding hydrogens is 340 g/mol. The zero-order chi connectivity index (χ0) is 17.4. The Balaban J connectivity index is 1.75. The number of imidazole rings is 1. The second-order valence-electron chi connectivity index (χ2n) is 6.22. The van der Waals surface area contributed by atoms with Gasteiger partial charge in [0, 0.05) is 12.1 Å². The molecule has 0 aromatic carbocycles. The number of nitro groups is 1. The Labute approximate surface area is 148 Å². The molecule has 1 fully saturated rings. The zero-order valence-corrected chi connectivity index (χ0v) is 14.6. The van der Waals surface area contributed by atoms with Crippen molar-refractivity contribution in [1.82, 2.24) is 24.1 Å². The van der Waals surface area contributed by atoms with Gasteiger partial charge >= 0.3 is 5.82 Å². The van der Waals surface area contributed by atoms with Crippen molar-refractivity contribution in [2.45, 2.75) is 55.3 Å². The molecule has 0 unspecified atom stereocenters. The van der Waals surface area contributed by atoms with Crippen LogP contribution in [0.1, 0.15) is 44.0 Å². The topological polar surface area (TPSA) is 91.2 Å². The summed E-state index contributed by atoms with van der Waals surface area (Å²) in [5.74, 6) is 0.817. The molecule has 9 heteroatoms. The molecule has 3 aromatic rings. The molecule has 0 amide bonds. The Hall–Kier alpha value is -2.42. The highest BCUT2D eigenvalue weighted by Crippen LogP contribution is 2.38. The van der Waals surface area contributed by atoms with Gasteiger partial charge < -0.3 is 14.7 Å². The number of pyridine rings is 1. The largest absolute Gasteiger partial charge is 0.362 e. The molecule has 4 rings (SSSR count). The van der Waals surface area contributed by atoms with Gasteiger partial charge in [0.15, 0.2) is 5.16 Å². The smallest absolute Gasteiger partial charge is 0.358 e. The van der Waals surface area contributed by atoms with Gasteiger partial charge in [-0.15, -0.1) is 10.2 Å². The van der Waals surface area contributed by atoms with Gasteiger partial charge in [-0.25, -0.2) is 0 Å². The lowest BCUT2D eigenvalue weighted by Crippen LogP contribution is -2.15. The summed E-state index contributed by atoms with van der Waals surface area (Å²) in [4.78, 5) is 15.6. The lowest BCUT2D eigenvalue weighted by molar-refractivity contribution is -0.393. The Bertz CT molecular complexity index is 928. The van der Waals surface area contributed by atoms with E-state index in [2.05, 4.69) is 19.7 Å². The molecule has 0 N–H and O–H groups in total. The van der Waals surface area contributed by atoms with E-state index >= 15 is 0 Å². The summed E-state index contributed by atoms with van der Waals surface area (Å²) in [6, 6.07) is 5.69. The number of rotatable bonds is 4. The highest BCUT2D eigenvalue weighted by molar-refractivity contribution is 7.99. The Morgan fingerprint density at radius 1 is 1.24 bits per heavy atom. The summed E-state index contributed by atoms with van der Waals surface area (Å²) in [7, 11) is 0. The third kappa shape index (κ3) is 2.88. The van der Waals surface area contributed by atoms with Crippen LogP contribution in [0.5, 0.6) is 0 Å². The van der Waals surface area contributed by atoms with Crippen LogP contribution in [0.3, 0.4) is 0 Å². The van der Waals surface area contributed by atoms with Crippen molar-refractivity contribution < 1.29 is 4.92 Å². The van der Waals surface area contributed by atoms with Gasteiger partial charge in [0.2, 0.25) is 10.7 Å². The lowest BCUT2D eigenvalue weighted by Gasteiger charge is -2.24. The van der Waals surface area contributed by atoms with E-state index in [-0.39, 0.29) is 5.82 Å². The fourth-order valence-electron chi connectivity index (χ4n) is 3.46. The van der Waals surface area contributed by atoms with Crippen LogP contribution in [0.2, 0.25) is 0 Å². The summed E-state index contributed by atoms with van der Waals surface area (Å²) in [6.45, 7) is 1.93. The van der Waals surface area contributed by atoms with Crippen molar-refractivity contribution in [3.63, 3.8) is 0 Å². The molecule has 3 heterocycles. The normalized spacial score (nSPS) is 15.7. The maximum atomic E-state index is 11.6. The summed E-state index contributed by atoms with van der Waals surface area (Å²) < 4.78 is 3.62. The van der Waals surface area contributed by atoms with Gasteiger partial charge in [0.25, 0.3) is 0 Å². The van der Waals surface area contributed by atoms with Crippen LogP contribution < -0.4 is 0 Å². The van der Waals surface area contributed by atoms with E-state index in [4.69, 9.17) is 0 Å². The van der Waals surface area contributed by atoms with E-state index in [1.807, 2.05) is 13.0 Å². The van der Waals surface area contributed by atoms with Crippen LogP contribution >= 0.6 is 11.8 Å². The number of fused-ring (bicyclic) bond motifs is 1. The van der Waals surface area contributed by atoms with Crippen LogP contribution in [0.4, 0.5) is 5.82 Å². The molecule has 0 bridgehead atoms. The second-order valence-corrected chi connectivity index (χ2v) is 7.18. The van der Waals surface area contributed by atoms with Crippen molar-refractivity contribution in [1.29, 1.82) is 0 Å². The molecule has 8 nitrogen and oxygen atoms in total. The summed E-state index contributed by atoms with van der Waals surface area (Å²) >= 11 is 1.23. The molecule has 0 saturated heterocycles. The van der Waals surface area contributed by atoms with Crippen molar-refractivity contribution in [3.8, 4) is 0 Å². The minimum absolute atomic E-state index is 0.0311. The van der Waals surface area contributed by atoms with Crippen molar-refractivity contribution in [3.05, 3.63) is 40.3 Å².